The number of hydrogen-bond acceptors (Lipinski definition) is 14. The predicted molar refractivity (Wildman–Crippen MR) is 238 cm³/mol. The van der Waals surface area contributed by atoms with Crippen LogP contribution in [0, 0.1) is 0 Å². The van der Waals surface area contributed by atoms with E-state index in [1.807, 2.05) is 48.5 Å². The molecule has 0 saturated carbocycles. The molecule has 0 fully saturated rings. The normalized spacial score (nSPS) is 14.8. The zero-order valence-corrected chi connectivity index (χ0v) is 35.7. The van der Waals surface area contributed by atoms with Crippen molar-refractivity contribution in [2.24, 2.45) is 0 Å². The molecule has 328 valence electrons. The van der Waals surface area contributed by atoms with Crippen LogP contribution in [0.3, 0.4) is 0 Å². The number of fused-ring (bicyclic) bond motifs is 4. The van der Waals surface area contributed by atoms with E-state index in [0.29, 0.717) is 83.5 Å². The average Bonchev–Trinajstić information content (AvgIpc) is 3.75. The summed E-state index contributed by atoms with van der Waals surface area (Å²) >= 11 is 0. The number of benzene rings is 4. The maximum absolute atomic E-state index is 13.4. The van der Waals surface area contributed by atoms with Gasteiger partial charge in [0.25, 0.3) is 0 Å². The lowest BCUT2D eigenvalue weighted by molar-refractivity contribution is 0.296. The molecule has 64 heavy (non-hydrogen) atoms. The van der Waals surface area contributed by atoms with Crippen LogP contribution in [0.4, 0.5) is 11.6 Å². The number of furan rings is 2. The molecule has 0 amide bonds. The Kier molecular flexibility index (Phi) is 11.8. The smallest absolute Gasteiger partial charge is 0.241 e. The van der Waals surface area contributed by atoms with Crippen LogP contribution in [0.1, 0.15) is 47.8 Å². The number of rotatable bonds is 10. The fourth-order valence-electron chi connectivity index (χ4n) is 7.15. The summed E-state index contributed by atoms with van der Waals surface area (Å²) in [6, 6.07) is 35.9. The van der Waals surface area contributed by atoms with Gasteiger partial charge in [-0.2, -0.15) is 9.44 Å². The van der Waals surface area contributed by atoms with Crippen molar-refractivity contribution >= 4 is 53.6 Å². The minimum atomic E-state index is -3.98. The fourth-order valence-corrected chi connectivity index (χ4v) is 9.53. The molecule has 6 N–H and O–H groups in total. The number of ether oxygens (including phenoxy) is 4. The third-order valence-corrected chi connectivity index (χ3v) is 13.1. The summed E-state index contributed by atoms with van der Waals surface area (Å²) in [5, 5.41) is 1.71. The van der Waals surface area contributed by atoms with Crippen molar-refractivity contribution in [3.63, 3.8) is 0 Å². The number of pyridine rings is 2. The van der Waals surface area contributed by atoms with Crippen LogP contribution in [-0.4, -0.2) is 53.2 Å². The van der Waals surface area contributed by atoms with Gasteiger partial charge in [-0.05, 0) is 72.8 Å². The van der Waals surface area contributed by atoms with Gasteiger partial charge in [-0.1, -0.05) is 48.5 Å². The number of nitrogens with one attached hydrogen (secondary N) is 2. The van der Waals surface area contributed by atoms with Gasteiger partial charge in [0.05, 0.1) is 47.6 Å². The van der Waals surface area contributed by atoms with E-state index in [-0.39, 0.29) is 21.4 Å². The van der Waals surface area contributed by atoms with Gasteiger partial charge in [-0.25, -0.2) is 26.8 Å². The number of sulfonamides is 2. The van der Waals surface area contributed by atoms with Crippen LogP contribution in [0.2, 0.25) is 0 Å². The zero-order valence-electron chi connectivity index (χ0n) is 34.0. The van der Waals surface area contributed by atoms with E-state index in [1.54, 1.807) is 60.7 Å². The van der Waals surface area contributed by atoms with E-state index >= 15 is 0 Å². The summed E-state index contributed by atoms with van der Waals surface area (Å²) in [5.41, 5.74) is 13.9. The number of para-hydroxylation sites is 2. The van der Waals surface area contributed by atoms with Crippen molar-refractivity contribution in [3.05, 3.63) is 156 Å². The van der Waals surface area contributed by atoms with Crippen molar-refractivity contribution in [1.82, 2.24) is 19.4 Å². The van der Waals surface area contributed by atoms with Crippen LogP contribution in [0.15, 0.2) is 152 Å². The average molecular weight is 903 g/mol. The quantitative estimate of drug-likeness (QED) is 0.106. The van der Waals surface area contributed by atoms with Gasteiger partial charge >= 0.3 is 0 Å². The molecule has 2 unspecified atom stereocenters. The summed E-state index contributed by atoms with van der Waals surface area (Å²) < 4.78 is 93.3. The predicted octanol–water partition coefficient (Wildman–Crippen LogP) is 7.28. The number of aromatic nitrogens is 2. The Hall–Kier alpha value is -7.12. The first-order valence-corrected chi connectivity index (χ1v) is 23.2. The van der Waals surface area contributed by atoms with Crippen LogP contribution in [0.25, 0.3) is 21.9 Å². The van der Waals surface area contributed by atoms with E-state index in [2.05, 4.69) is 19.4 Å². The second-order valence-electron chi connectivity index (χ2n) is 14.8. The molecule has 2 aliphatic rings. The molecule has 18 heteroatoms. The molecule has 2 atom stereocenters. The van der Waals surface area contributed by atoms with Crippen molar-refractivity contribution in [2.45, 2.75) is 34.7 Å². The topological polar surface area (TPSA) is 233 Å². The molecule has 0 aliphatic carbocycles. The van der Waals surface area contributed by atoms with Crippen LogP contribution in [0.5, 0.6) is 23.0 Å². The SMILES string of the molecule is Nc1cccc(C(NS(=O)(=O)c2ccc3c(c2)OCCCO3)c2cc3ccccc3o2)n1.Nc1cccc(C(NS(=O)(=O)c2ccc3c(c2)OCCCO3)c2cc3ccccc3o2)n1. The van der Waals surface area contributed by atoms with Gasteiger partial charge in [0.2, 0.25) is 20.0 Å². The third kappa shape index (κ3) is 9.30. The van der Waals surface area contributed by atoms with Crippen LogP contribution < -0.4 is 39.9 Å². The Bertz CT molecular complexity index is 2910. The van der Waals surface area contributed by atoms with Crippen LogP contribution >= 0.6 is 0 Å². The zero-order chi connectivity index (χ0) is 44.3. The van der Waals surface area contributed by atoms with Crippen molar-refractivity contribution in [3.8, 4) is 23.0 Å². The van der Waals surface area contributed by atoms with Gasteiger partial charge in [0.1, 0.15) is 46.4 Å². The highest BCUT2D eigenvalue weighted by atomic mass is 32.2. The highest BCUT2D eigenvalue weighted by molar-refractivity contribution is 7.89. The molecular weight excluding hydrogens is 861 g/mol. The van der Waals surface area contributed by atoms with Crippen LogP contribution in [-0.2, 0) is 20.0 Å². The van der Waals surface area contributed by atoms with Gasteiger partial charge in [-0.15, -0.1) is 0 Å². The second-order valence-corrected chi connectivity index (χ2v) is 18.2. The molecule has 10 rings (SSSR count). The Balaban J connectivity index is 0.000000162. The maximum atomic E-state index is 13.4. The first kappa shape index (κ1) is 42.2. The number of nitrogens with two attached hydrogens (primary N) is 2. The summed E-state index contributed by atoms with van der Waals surface area (Å²) in [4.78, 5) is 8.75. The minimum Gasteiger partial charge on any atom is -0.490 e. The molecule has 4 aromatic heterocycles. The summed E-state index contributed by atoms with van der Waals surface area (Å²) in [6.45, 7) is 1.96. The molecular formula is C46H42N6O10S2. The first-order valence-electron chi connectivity index (χ1n) is 20.2. The van der Waals surface area contributed by atoms with Gasteiger partial charge in [0.15, 0.2) is 23.0 Å². The number of anilines is 2. The van der Waals surface area contributed by atoms with Gasteiger partial charge in [0, 0.05) is 35.7 Å². The van der Waals surface area contributed by atoms with Gasteiger partial charge < -0.3 is 39.2 Å². The van der Waals surface area contributed by atoms with Crippen molar-refractivity contribution < 1.29 is 44.6 Å². The van der Waals surface area contributed by atoms with Crippen molar-refractivity contribution in [1.29, 1.82) is 0 Å². The molecule has 2 aliphatic heterocycles. The summed E-state index contributed by atoms with van der Waals surface area (Å²) in [7, 11) is -7.96. The number of hydrogen-bond donors (Lipinski definition) is 4. The Morgan fingerprint density at radius 1 is 0.469 bits per heavy atom. The van der Waals surface area contributed by atoms with E-state index in [4.69, 9.17) is 39.2 Å². The molecule has 0 spiro atoms. The molecule has 4 aromatic carbocycles. The minimum absolute atomic E-state index is 0.0479. The monoisotopic (exact) mass is 902 g/mol. The first-order chi connectivity index (χ1) is 31.0. The standard InChI is InChI=1S/2C23H21N3O5S/c2*24-22-8-3-6-17(25-22)23(21-13-15-5-1-2-7-18(15)31-21)26-32(27,28)16-9-10-19-20(14-16)30-12-4-11-29-19/h2*1-3,5-10,13-14,23,26H,4,11-12H2,(H2,24,25). The Labute approximate surface area is 368 Å². The Morgan fingerprint density at radius 2 is 0.875 bits per heavy atom. The number of nitrogens with zero attached hydrogens (tertiary/aromatic N) is 2. The van der Waals surface area contributed by atoms with E-state index in [0.717, 1.165) is 23.6 Å². The molecule has 0 saturated heterocycles. The second kappa shape index (κ2) is 17.9. The Morgan fingerprint density at radius 3 is 1.28 bits per heavy atom. The molecule has 0 bridgehead atoms. The molecule has 8 aromatic rings. The third-order valence-electron chi connectivity index (χ3n) is 10.2. The lowest BCUT2D eigenvalue weighted by Gasteiger charge is -2.17. The largest absolute Gasteiger partial charge is 0.490 e. The number of nitrogen functional groups attached to an aromatic ring is 2. The summed E-state index contributed by atoms with van der Waals surface area (Å²) in [6.07, 6.45) is 1.45. The van der Waals surface area contributed by atoms with Gasteiger partial charge in [-0.3, -0.25) is 0 Å². The van der Waals surface area contributed by atoms with E-state index < -0.39 is 32.1 Å². The lowest BCUT2D eigenvalue weighted by Crippen LogP contribution is -2.30. The van der Waals surface area contributed by atoms with Crippen molar-refractivity contribution in [2.75, 3.05) is 37.9 Å². The lowest BCUT2D eigenvalue weighted by atomic mass is 10.1. The molecule has 16 nitrogen and oxygen atoms in total. The molecule has 0 radical (unpaired) electrons. The fraction of sp³-hybridized carbons (Fsp3) is 0.174. The maximum Gasteiger partial charge on any atom is 0.241 e. The summed E-state index contributed by atoms with van der Waals surface area (Å²) in [5.74, 6) is 3.20. The van der Waals surface area contributed by atoms with E-state index in [1.165, 1.54) is 24.3 Å². The highest BCUT2D eigenvalue weighted by Crippen LogP contribution is 2.36. The van der Waals surface area contributed by atoms with E-state index in [9.17, 15) is 16.8 Å². The molecule has 6 heterocycles. The highest BCUT2D eigenvalue weighted by Gasteiger charge is 2.30.